The van der Waals surface area contributed by atoms with Crippen molar-refractivity contribution in [2.24, 2.45) is 5.92 Å². The predicted octanol–water partition coefficient (Wildman–Crippen LogP) is 0.730. The number of carbonyl (C=O) groups is 2. The smallest absolute Gasteiger partial charge is 0.256 e. The second kappa shape index (κ2) is 8.03. The molecule has 8 nitrogen and oxygen atoms in total. The molecule has 2 heterocycles. The van der Waals surface area contributed by atoms with Crippen LogP contribution in [0.15, 0.2) is 41.6 Å². The number of anilines is 1. The van der Waals surface area contributed by atoms with Crippen molar-refractivity contribution >= 4 is 17.5 Å². The lowest BCUT2D eigenvalue weighted by molar-refractivity contribution is -0.126. The van der Waals surface area contributed by atoms with E-state index in [-0.39, 0.29) is 23.8 Å². The molecule has 0 bridgehead atoms. The van der Waals surface area contributed by atoms with Crippen LogP contribution in [0.3, 0.4) is 0 Å². The van der Waals surface area contributed by atoms with Crippen LogP contribution in [-0.4, -0.2) is 41.6 Å². The van der Waals surface area contributed by atoms with Gasteiger partial charge in [0.2, 0.25) is 11.8 Å². The highest BCUT2D eigenvalue weighted by Gasteiger charge is 2.35. The Bertz CT molecular complexity index is 909. The first-order valence-electron chi connectivity index (χ1n) is 8.72. The van der Waals surface area contributed by atoms with Gasteiger partial charge >= 0.3 is 0 Å². The molecule has 0 radical (unpaired) electrons. The average Bonchev–Trinajstić information content (AvgIpc) is 3.07. The van der Waals surface area contributed by atoms with Gasteiger partial charge < -0.3 is 15.0 Å². The van der Waals surface area contributed by atoms with Gasteiger partial charge in [0, 0.05) is 49.6 Å². The van der Waals surface area contributed by atoms with Crippen molar-refractivity contribution in [3.63, 3.8) is 0 Å². The predicted molar refractivity (Wildman–Crippen MR) is 99.7 cm³/mol. The minimum atomic E-state index is -0.420. The zero-order valence-electron chi connectivity index (χ0n) is 15.3. The Balaban J connectivity index is 1.57. The Hall–Kier alpha value is -3.16. The lowest BCUT2D eigenvalue weighted by Crippen LogP contribution is -2.36. The summed E-state index contributed by atoms with van der Waals surface area (Å²) < 4.78 is 6.64. The number of nitrogens with zero attached hydrogens (tertiary/aromatic N) is 3. The lowest BCUT2D eigenvalue weighted by Gasteiger charge is -2.17. The van der Waals surface area contributed by atoms with Gasteiger partial charge in [-0.3, -0.25) is 19.0 Å². The van der Waals surface area contributed by atoms with Crippen LogP contribution < -0.4 is 20.5 Å². The quantitative estimate of drug-likeness (QED) is 0.809. The van der Waals surface area contributed by atoms with Crippen molar-refractivity contribution in [3.8, 4) is 5.75 Å². The molecule has 27 heavy (non-hydrogen) atoms. The number of hydrogen-bond donors (Lipinski definition) is 1. The van der Waals surface area contributed by atoms with Crippen molar-refractivity contribution in [1.82, 2.24) is 14.9 Å². The van der Waals surface area contributed by atoms with E-state index in [0.29, 0.717) is 36.6 Å². The summed E-state index contributed by atoms with van der Waals surface area (Å²) in [6.45, 7) is 2.65. The van der Waals surface area contributed by atoms with Crippen molar-refractivity contribution in [3.05, 3.63) is 52.7 Å². The third kappa shape index (κ3) is 4.16. The molecule has 1 atom stereocenters. The number of rotatable bonds is 6. The molecule has 2 aromatic rings. The first-order valence-corrected chi connectivity index (χ1v) is 8.72. The van der Waals surface area contributed by atoms with Crippen LogP contribution >= 0.6 is 0 Å². The Labute approximate surface area is 156 Å². The van der Waals surface area contributed by atoms with Crippen LogP contribution in [0.4, 0.5) is 5.69 Å². The molecule has 142 valence electrons. The molecule has 2 amide bonds. The zero-order chi connectivity index (χ0) is 19.4. The standard InChI is InChI=1S/C19H22N4O4/c1-13-10-20-12-22(19(13)26)7-6-21-18(25)14-8-17(24)23(11-14)15-4-3-5-16(9-15)27-2/h3-5,9-10,12,14H,6-8,11H2,1-2H3,(H,21,25). The molecular formula is C19H22N4O4. The van der Waals surface area contributed by atoms with Crippen LogP contribution in [0.5, 0.6) is 5.75 Å². The fraction of sp³-hybridized carbons (Fsp3) is 0.368. The first kappa shape index (κ1) is 18.6. The fourth-order valence-corrected chi connectivity index (χ4v) is 3.07. The summed E-state index contributed by atoms with van der Waals surface area (Å²) in [7, 11) is 1.57. The molecule has 1 aromatic heterocycles. The van der Waals surface area contributed by atoms with E-state index in [9.17, 15) is 14.4 Å². The highest BCUT2D eigenvalue weighted by molar-refractivity contribution is 6.00. The highest BCUT2D eigenvalue weighted by atomic mass is 16.5. The number of hydrogen-bond acceptors (Lipinski definition) is 5. The van der Waals surface area contributed by atoms with E-state index in [2.05, 4.69) is 10.3 Å². The van der Waals surface area contributed by atoms with E-state index < -0.39 is 5.92 Å². The number of amides is 2. The molecule has 0 aliphatic carbocycles. The minimum absolute atomic E-state index is 0.0949. The molecule has 1 aliphatic heterocycles. The molecule has 1 aliphatic rings. The number of methoxy groups -OCH3 is 1. The molecular weight excluding hydrogens is 348 g/mol. The van der Waals surface area contributed by atoms with E-state index in [1.807, 2.05) is 12.1 Å². The molecule has 8 heteroatoms. The molecule has 0 spiro atoms. The molecule has 1 unspecified atom stereocenters. The van der Waals surface area contributed by atoms with Gasteiger partial charge in [0.05, 0.1) is 19.4 Å². The molecule has 1 saturated heterocycles. The largest absolute Gasteiger partial charge is 0.497 e. The van der Waals surface area contributed by atoms with E-state index in [1.165, 1.54) is 17.1 Å². The van der Waals surface area contributed by atoms with Gasteiger partial charge in [-0.2, -0.15) is 0 Å². The van der Waals surface area contributed by atoms with E-state index in [4.69, 9.17) is 4.74 Å². The number of carbonyl (C=O) groups excluding carboxylic acids is 2. The van der Waals surface area contributed by atoms with E-state index in [0.717, 1.165) is 0 Å². The Morgan fingerprint density at radius 1 is 1.37 bits per heavy atom. The number of benzene rings is 1. The van der Waals surface area contributed by atoms with Crippen molar-refractivity contribution in [2.75, 3.05) is 25.1 Å². The van der Waals surface area contributed by atoms with Crippen LogP contribution in [0.2, 0.25) is 0 Å². The van der Waals surface area contributed by atoms with Gasteiger partial charge in [-0.25, -0.2) is 4.98 Å². The highest BCUT2D eigenvalue weighted by Crippen LogP contribution is 2.27. The van der Waals surface area contributed by atoms with Crippen LogP contribution in [0.25, 0.3) is 0 Å². The molecule has 3 rings (SSSR count). The van der Waals surface area contributed by atoms with Crippen LogP contribution in [0, 0.1) is 12.8 Å². The topological polar surface area (TPSA) is 93.5 Å². The lowest BCUT2D eigenvalue weighted by atomic mass is 10.1. The molecule has 1 aromatic carbocycles. The maximum absolute atomic E-state index is 12.4. The summed E-state index contributed by atoms with van der Waals surface area (Å²) >= 11 is 0. The van der Waals surface area contributed by atoms with Crippen LogP contribution in [-0.2, 0) is 16.1 Å². The fourth-order valence-electron chi connectivity index (χ4n) is 3.07. The van der Waals surface area contributed by atoms with Crippen molar-refractivity contribution in [1.29, 1.82) is 0 Å². The molecule has 1 N–H and O–H groups in total. The zero-order valence-corrected chi connectivity index (χ0v) is 15.3. The second-order valence-electron chi connectivity index (χ2n) is 6.47. The normalized spacial score (nSPS) is 16.4. The number of ether oxygens (including phenoxy) is 1. The third-order valence-corrected chi connectivity index (χ3v) is 4.59. The maximum Gasteiger partial charge on any atom is 0.256 e. The number of nitrogens with one attached hydrogen (secondary N) is 1. The van der Waals surface area contributed by atoms with Gasteiger partial charge in [-0.1, -0.05) is 6.07 Å². The van der Waals surface area contributed by atoms with Gasteiger partial charge in [-0.05, 0) is 19.1 Å². The molecule has 1 fully saturated rings. The maximum atomic E-state index is 12.4. The number of aryl methyl sites for hydroxylation is 1. The second-order valence-corrected chi connectivity index (χ2v) is 6.47. The van der Waals surface area contributed by atoms with Crippen molar-refractivity contribution in [2.45, 2.75) is 19.9 Å². The average molecular weight is 370 g/mol. The monoisotopic (exact) mass is 370 g/mol. The Morgan fingerprint density at radius 2 is 2.19 bits per heavy atom. The number of aromatic nitrogens is 2. The summed E-state index contributed by atoms with van der Waals surface area (Å²) in [5.74, 6) is -0.0496. The summed E-state index contributed by atoms with van der Waals surface area (Å²) in [5, 5.41) is 2.80. The summed E-state index contributed by atoms with van der Waals surface area (Å²) in [6.07, 6.45) is 3.12. The van der Waals surface area contributed by atoms with Crippen molar-refractivity contribution < 1.29 is 14.3 Å². The van der Waals surface area contributed by atoms with Gasteiger partial charge in [0.1, 0.15) is 5.75 Å². The van der Waals surface area contributed by atoms with Crippen LogP contribution in [0.1, 0.15) is 12.0 Å². The first-order chi connectivity index (χ1) is 13.0. The third-order valence-electron chi connectivity index (χ3n) is 4.59. The van der Waals surface area contributed by atoms with Gasteiger partial charge in [0.15, 0.2) is 0 Å². The summed E-state index contributed by atoms with van der Waals surface area (Å²) in [5.41, 5.74) is 1.14. The Kier molecular flexibility index (Phi) is 5.54. The van der Waals surface area contributed by atoms with E-state index >= 15 is 0 Å². The summed E-state index contributed by atoms with van der Waals surface area (Å²) in [4.78, 5) is 42.3. The van der Waals surface area contributed by atoms with Gasteiger partial charge in [0.25, 0.3) is 5.56 Å². The van der Waals surface area contributed by atoms with Gasteiger partial charge in [-0.15, -0.1) is 0 Å². The Morgan fingerprint density at radius 3 is 2.96 bits per heavy atom. The SMILES string of the molecule is COc1cccc(N2CC(C(=O)NCCn3cncc(C)c3=O)CC2=O)c1. The summed E-state index contributed by atoms with van der Waals surface area (Å²) in [6, 6.07) is 7.20. The minimum Gasteiger partial charge on any atom is -0.497 e. The molecule has 0 saturated carbocycles. The van der Waals surface area contributed by atoms with E-state index in [1.54, 1.807) is 31.1 Å².